The highest BCUT2D eigenvalue weighted by Crippen LogP contribution is 2.35. The molecule has 9 nitrogen and oxygen atoms in total. The fraction of sp³-hybridized carbons (Fsp3) is 0.318. The van der Waals surface area contributed by atoms with Crippen molar-refractivity contribution in [2.45, 2.75) is 69.7 Å². The molecule has 1 saturated carbocycles. The quantitative estimate of drug-likeness (QED) is 0.100. The Bertz CT molecular complexity index is 1780. The molecule has 9 heteroatoms. The summed E-state index contributed by atoms with van der Waals surface area (Å²) in [4.78, 5) is 0. The van der Waals surface area contributed by atoms with E-state index in [0.29, 0.717) is 5.75 Å². The van der Waals surface area contributed by atoms with Gasteiger partial charge in [0.25, 0.3) is 0 Å². The summed E-state index contributed by atoms with van der Waals surface area (Å²) < 4.78 is 50.0. The SMILES string of the molecule is COc1ccc(CO[C@@H]2[C@@H](OCc3ccccc3)[C@@H](OCc3ccccc3)[C@@H](O)[C@H](OCc3ccccc3OC)[C@H]2OCc2ccc(OC)cc2)cc1. The average molecular weight is 721 g/mol. The van der Waals surface area contributed by atoms with Gasteiger partial charge in [0.1, 0.15) is 53.9 Å². The third-order valence-electron chi connectivity index (χ3n) is 9.37. The van der Waals surface area contributed by atoms with Crippen LogP contribution in [-0.4, -0.2) is 63.1 Å². The molecule has 1 aliphatic carbocycles. The van der Waals surface area contributed by atoms with Gasteiger partial charge in [-0.15, -0.1) is 0 Å². The lowest BCUT2D eigenvalue weighted by Crippen LogP contribution is -2.66. The summed E-state index contributed by atoms with van der Waals surface area (Å²) in [6.07, 6.45) is -5.14. The van der Waals surface area contributed by atoms with Gasteiger partial charge in [0.05, 0.1) is 54.4 Å². The van der Waals surface area contributed by atoms with Crippen molar-refractivity contribution in [1.29, 1.82) is 0 Å². The van der Waals surface area contributed by atoms with Gasteiger partial charge < -0.3 is 43.0 Å². The molecule has 0 unspecified atom stereocenters. The summed E-state index contributed by atoms with van der Waals surface area (Å²) in [5.41, 5.74) is 4.61. The second-order valence-corrected chi connectivity index (χ2v) is 12.8. The van der Waals surface area contributed by atoms with Crippen LogP contribution in [0.3, 0.4) is 0 Å². The molecule has 278 valence electrons. The highest BCUT2D eigenvalue weighted by atomic mass is 16.6. The number of rotatable bonds is 18. The van der Waals surface area contributed by atoms with Crippen LogP contribution in [0, 0.1) is 0 Å². The van der Waals surface area contributed by atoms with Crippen LogP contribution in [0.25, 0.3) is 0 Å². The highest BCUT2D eigenvalue weighted by Gasteiger charge is 2.54. The second kappa shape index (κ2) is 19.4. The summed E-state index contributed by atoms with van der Waals surface area (Å²) in [5.74, 6) is 2.17. The first-order valence-electron chi connectivity index (χ1n) is 17.8. The molecule has 1 fully saturated rings. The molecule has 53 heavy (non-hydrogen) atoms. The van der Waals surface area contributed by atoms with Crippen LogP contribution in [-0.2, 0) is 56.7 Å². The number of aliphatic hydroxyl groups excluding tert-OH is 1. The Morgan fingerprint density at radius 1 is 0.377 bits per heavy atom. The first-order chi connectivity index (χ1) is 26.1. The maximum atomic E-state index is 12.3. The van der Waals surface area contributed by atoms with Gasteiger partial charge in [-0.3, -0.25) is 0 Å². The van der Waals surface area contributed by atoms with Gasteiger partial charge in [0, 0.05) is 5.56 Å². The molecule has 6 rings (SSSR count). The summed E-state index contributed by atoms with van der Waals surface area (Å²) in [6.45, 7) is 1.13. The number of methoxy groups -OCH3 is 3. The van der Waals surface area contributed by atoms with E-state index in [0.717, 1.165) is 39.3 Å². The fourth-order valence-electron chi connectivity index (χ4n) is 6.46. The van der Waals surface area contributed by atoms with Crippen molar-refractivity contribution in [2.24, 2.45) is 0 Å². The van der Waals surface area contributed by atoms with Crippen molar-refractivity contribution in [2.75, 3.05) is 21.3 Å². The first-order valence-corrected chi connectivity index (χ1v) is 17.8. The average Bonchev–Trinajstić information content (AvgIpc) is 3.22. The van der Waals surface area contributed by atoms with Crippen molar-refractivity contribution < 1.29 is 43.0 Å². The topological polar surface area (TPSA) is 94.1 Å². The van der Waals surface area contributed by atoms with Gasteiger partial charge >= 0.3 is 0 Å². The van der Waals surface area contributed by atoms with Crippen LogP contribution < -0.4 is 14.2 Å². The lowest BCUT2D eigenvalue weighted by molar-refractivity contribution is -0.283. The zero-order chi connectivity index (χ0) is 36.8. The van der Waals surface area contributed by atoms with Crippen LogP contribution in [0.5, 0.6) is 17.2 Å². The van der Waals surface area contributed by atoms with Gasteiger partial charge in [-0.05, 0) is 52.6 Å². The molecular weight excluding hydrogens is 672 g/mol. The Labute approximate surface area is 311 Å². The van der Waals surface area contributed by atoms with E-state index >= 15 is 0 Å². The monoisotopic (exact) mass is 720 g/mol. The number of benzene rings is 5. The predicted octanol–water partition coefficient (Wildman–Crippen LogP) is 7.31. The van der Waals surface area contributed by atoms with Crippen LogP contribution in [0.15, 0.2) is 133 Å². The Hall–Kier alpha value is -4.74. The lowest BCUT2D eigenvalue weighted by atomic mass is 9.83. The third-order valence-corrected chi connectivity index (χ3v) is 9.37. The number of hydrogen-bond acceptors (Lipinski definition) is 9. The molecule has 0 spiro atoms. The molecule has 1 N–H and O–H groups in total. The molecule has 0 aliphatic heterocycles. The van der Waals surface area contributed by atoms with E-state index in [9.17, 15) is 5.11 Å². The van der Waals surface area contributed by atoms with Crippen LogP contribution in [0.2, 0.25) is 0 Å². The Morgan fingerprint density at radius 3 is 1.17 bits per heavy atom. The van der Waals surface area contributed by atoms with Crippen molar-refractivity contribution in [3.63, 3.8) is 0 Å². The summed E-state index contributed by atoms with van der Waals surface area (Å²) in [5, 5.41) is 12.3. The molecule has 5 aromatic rings. The third kappa shape index (κ3) is 10.2. The van der Waals surface area contributed by atoms with Crippen molar-refractivity contribution in [1.82, 2.24) is 0 Å². The van der Waals surface area contributed by atoms with E-state index in [2.05, 4.69) is 0 Å². The summed E-state index contributed by atoms with van der Waals surface area (Å²) in [7, 11) is 4.90. The van der Waals surface area contributed by atoms with Crippen molar-refractivity contribution in [3.05, 3.63) is 161 Å². The fourth-order valence-corrected chi connectivity index (χ4v) is 6.46. The van der Waals surface area contributed by atoms with Crippen molar-refractivity contribution >= 4 is 0 Å². The van der Waals surface area contributed by atoms with E-state index in [1.807, 2.05) is 133 Å². The first kappa shape index (κ1) is 38.0. The summed E-state index contributed by atoms with van der Waals surface area (Å²) >= 11 is 0. The van der Waals surface area contributed by atoms with E-state index in [-0.39, 0.29) is 33.0 Å². The molecule has 0 heterocycles. The normalized spacial score (nSPS) is 21.2. The maximum absolute atomic E-state index is 12.3. The van der Waals surface area contributed by atoms with E-state index < -0.39 is 36.6 Å². The molecule has 5 aromatic carbocycles. The molecule has 0 aromatic heterocycles. The van der Waals surface area contributed by atoms with Gasteiger partial charge in [-0.1, -0.05) is 103 Å². The lowest BCUT2D eigenvalue weighted by Gasteiger charge is -2.48. The predicted molar refractivity (Wildman–Crippen MR) is 201 cm³/mol. The van der Waals surface area contributed by atoms with E-state index in [1.165, 1.54) is 0 Å². The van der Waals surface area contributed by atoms with Gasteiger partial charge in [-0.2, -0.15) is 0 Å². The Kier molecular flexibility index (Phi) is 13.9. The molecule has 1 aliphatic rings. The summed E-state index contributed by atoms with van der Waals surface area (Å²) in [6, 6.07) is 42.8. The molecule has 6 atom stereocenters. The van der Waals surface area contributed by atoms with Gasteiger partial charge in [-0.25, -0.2) is 0 Å². The minimum Gasteiger partial charge on any atom is -0.497 e. The number of aliphatic hydroxyl groups is 1. The largest absolute Gasteiger partial charge is 0.497 e. The molecule has 0 amide bonds. The standard InChI is InChI=1S/C44H48O9/c1-46-36-22-18-33(19-23-36)28-51-43-41(53-30-35-16-10-11-17-38(35)48-3)39(45)40(49-26-31-12-6-4-7-13-31)42(50-27-32-14-8-5-9-15-32)44(43)52-29-34-20-24-37(47-2)25-21-34/h4-25,39-45H,26-30H2,1-3H3/t39-,40+,41+,42+,43-,44-/m1/s1. The Balaban J connectivity index is 1.37. The van der Waals surface area contributed by atoms with Crippen LogP contribution in [0.1, 0.15) is 27.8 Å². The zero-order valence-corrected chi connectivity index (χ0v) is 30.4. The van der Waals surface area contributed by atoms with E-state index in [1.54, 1.807) is 21.3 Å². The molecule has 0 saturated heterocycles. The van der Waals surface area contributed by atoms with Gasteiger partial charge in [0.2, 0.25) is 0 Å². The smallest absolute Gasteiger partial charge is 0.124 e. The number of para-hydroxylation sites is 1. The number of hydrogen-bond donors (Lipinski definition) is 1. The van der Waals surface area contributed by atoms with E-state index in [4.69, 9.17) is 37.9 Å². The number of ether oxygens (including phenoxy) is 8. The maximum Gasteiger partial charge on any atom is 0.124 e. The Morgan fingerprint density at radius 2 is 0.736 bits per heavy atom. The highest BCUT2D eigenvalue weighted by molar-refractivity contribution is 5.33. The zero-order valence-electron chi connectivity index (χ0n) is 30.4. The minimum atomic E-state index is -1.16. The van der Waals surface area contributed by atoms with Crippen LogP contribution in [0.4, 0.5) is 0 Å². The van der Waals surface area contributed by atoms with Crippen LogP contribution >= 0.6 is 0 Å². The van der Waals surface area contributed by atoms with Crippen molar-refractivity contribution in [3.8, 4) is 17.2 Å². The second-order valence-electron chi connectivity index (χ2n) is 12.8. The minimum absolute atomic E-state index is 0.153. The molecule has 0 bridgehead atoms. The molecule has 0 radical (unpaired) electrons. The molecular formula is C44H48O9. The van der Waals surface area contributed by atoms with Gasteiger partial charge in [0.15, 0.2) is 0 Å².